The van der Waals surface area contributed by atoms with Crippen LogP contribution in [0.15, 0.2) is 84.9 Å². The molecule has 0 unspecified atom stereocenters. The van der Waals surface area contributed by atoms with E-state index in [1.165, 1.54) is 11.3 Å². The van der Waals surface area contributed by atoms with Gasteiger partial charge in [-0.25, -0.2) is 4.98 Å². The lowest BCUT2D eigenvalue weighted by Crippen LogP contribution is -2.00. The first kappa shape index (κ1) is 17.7. The Balaban J connectivity index is 1.73. The quantitative estimate of drug-likeness (QED) is 0.453. The Labute approximate surface area is 166 Å². The standard InChI is InChI=1S/C23H15N3OS/c24-15-16-11-13-19(14-12-16)25-23-26-20(17-7-3-1-4-8-17)22(28-23)21(27)18-9-5-2-6-10-18/h1-14H,(H,25,26). The molecule has 1 aromatic heterocycles. The fourth-order valence-electron chi connectivity index (χ4n) is 2.79. The van der Waals surface area contributed by atoms with Crippen LogP contribution in [0, 0.1) is 11.3 Å². The summed E-state index contributed by atoms with van der Waals surface area (Å²) in [5.74, 6) is -0.0511. The summed E-state index contributed by atoms with van der Waals surface area (Å²) in [6.45, 7) is 0. The molecule has 0 aliphatic rings. The van der Waals surface area contributed by atoms with Gasteiger partial charge in [-0.15, -0.1) is 0 Å². The van der Waals surface area contributed by atoms with Crippen LogP contribution < -0.4 is 5.32 Å². The second-order valence-corrected chi connectivity index (χ2v) is 7.07. The molecule has 0 amide bonds. The molecular weight excluding hydrogens is 366 g/mol. The lowest BCUT2D eigenvalue weighted by atomic mass is 10.1. The molecule has 1 N–H and O–H groups in total. The molecule has 0 aliphatic carbocycles. The van der Waals surface area contributed by atoms with Crippen LogP contribution in [0.25, 0.3) is 11.3 Å². The normalized spacial score (nSPS) is 10.2. The fraction of sp³-hybridized carbons (Fsp3) is 0. The van der Waals surface area contributed by atoms with Crippen molar-refractivity contribution in [3.63, 3.8) is 0 Å². The summed E-state index contributed by atoms with van der Waals surface area (Å²) in [7, 11) is 0. The van der Waals surface area contributed by atoms with Crippen molar-refractivity contribution in [1.82, 2.24) is 4.98 Å². The van der Waals surface area contributed by atoms with Gasteiger partial charge in [-0.2, -0.15) is 5.26 Å². The van der Waals surface area contributed by atoms with E-state index in [2.05, 4.69) is 16.4 Å². The lowest BCUT2D eigenvalue weighted by Gasteiger charge is -2.02. The molecule has 4 rings (SSSR count). The van der Waals surface area contributed by atoms with Gasteiger partial charge in [0.15, 0.2) is 5.13 Å². The van der Waals surface area contributed by atoms with E-state index in [9.17, 15) is 4.79 Å². The van der Waals surface area contributed by atoms with Crippen molar-refractivity contribution in [2.45, 2.75) is 0 Å². The van der Waals surface area contributed by atoms with Crippen LogP contribution in [-0.4, -0.2) is 10.8 Å². The Morgan fingerprint density at radius 1 is 0.893 bits per heavy atom. The number of benzene rings is 3. The number of aromatic nitrogens is 1. The van der Waals surface area contributed by atoms with Crippen molar-refractivity contribution in [3.05, 3.63) is 101 Å². The van der Waals surface area contributed by atoms with E-state index in [1.807, 2.05) is 72.8 Å². The van der Waals surface area contributed by atoms with E-state index in [-0.39, 0.29) is 5.78 Å². The Kier molecular flexibility index (Phi) is 4.96. The van der Waals surface area contributed by atoms with E-state index >= 15 is 0 Å². The summed E-state index contributed by atoms with van der Waals surface area (Å²) in [6.07, 6.45) is 0. The van der Waals surface area contributed by atoms with Gasteiger partial charge < -0.3 is 5.32 Å². The average molecular weight is 381 g/mol. The summed E-state index contributed by atoms with van der Waals surface area (Å²) in [6, 6.07) is 28.1. The molecule has 4 nitrogen and oxygen atoms in total. The molecule has 5 heteroatoms. The number of thiazole rings is 1. The number of carbonyl (C=O) groups is 1. The topological polar surface area (TPSA) is 65.8 Å². The van der Waals surface area contributed by atoms with Gasteiger partial charge >= 0.3 is 0 Å². The zero-order chi connectivity index (χ0) is 19.3. The van der Waals surface area contributed by atoms with E-state index < -0.39 is 0 Å². The minimum Gasteiger partial charge on any atom is -0.332 e. The molecule has 0 spiro atoms. The summed E-state index contributed by atoms with van der Waals surface area (Å²) >= 11 is 1.33. The lowest BCUT2D eigenvalue weighted by molar-refractivity contribution is 0.104. The Morgan fingerprint density at radius 3 is 2.18 bits per heavy atom. The van der Waals surface area contributed by atoms with Gasteiger partial charge in [0.1, 0.15) is 4.88 Å². The summed E-state index contributed by atoms with van der Waals surface area (Å²) in [5.41, 5.74) is 3.59. The Bertz CT molecular complexity index is 1140. The molecule has 0 saturated heterocycles. The fourth-order valence-corrected chi connectivity index (χ4v) is 3.76. The maximum Gasteiger partial charge on any atom is 0.205 e. The summed E-state index contributed by atoms with van der Waals surface area (Å²) in [4.78, 5) is 18.4. The van der Waals surface area contributed by atoms with Crippen molar-refractivity contribution in [3.8, 4) is 17.3 Å². The van der Waals surface area contributed by atoms with Gasteiger partial charge in [0, 0.05) is 16.8 Å². The smallest absolute Gasteiger partial charge is 0.205 e. The Morgan fingerprint density at radius 2 is 1.54 bits per heavy atom. The summed E-state index contributed by atoms with van der Waals surface area (Å²) in [5, 5.41) is 12.8. The first-order chi connectivity index (χ1) is 13.7. The van der Waals surface area contributed by atoms with Crippen LogP contribution in [0.3, 0.4) is 0 Å². The molecule has 3 aromatic carbocycles. The highest BCUT2D eigenvalue weighted by Gasteiger charge is 2.20. The second-order valence-electron chi connectivity index (χ2n) is 6.07. The minimum absolute atomic E-state index is 0.0511. The van der Waals surface area contributed by atoms with Gasteiger partial charge in [0.2, 0.25) is 5.78 Å². The maximum atomic E-state index is 13.1. The number of carbonyl (C=O) groups excluding carboxylic acids is 1. The molecule has 4 aromatic rings. The number of hydrogen-bond donors (Lipinski definition) is 1. The predicted molar refractivity (Wildman–Crippen MR) is 112 cm³/mol. The molecular formula is C23H15N3OS. The molecule has 0 fully saturated rings. The first-order valence-corrected chi connectivity index (χ1v) is 9.49. The van der Waals surface area contributed by atoms with Crippen molar-refractivity contribution >= 4 is 27.9 Å². The second kappa shape index (κ2) is 7.87. The number of rotatable bonds is 5. The van der Waals surface area contributed by atoms with E-state index in [0.717, 1.165) is 11.3 Å². The van der Waals surface area contributed by atoms with Gasteiger partial charge in [-0.3, -0.25) is 4.79 Å². The number of ketones is 1. The SMILES string of the molecule is N#Cc1ccc(Nc2nc(-c3ccccc3)c(C(=O)c3ccccc3)s2)cc1. The third kappa shape index (κ3) is 3.68. The van der Waals surface area contributed by atoms with Crippen molar-refractivity contribution in [1.29, 1.82) is 5.26 Å². The minimum atomic E-state index is -0.0511. The Hall–Kier alpha value is -3.75. The average Bonchev–Trinajstić information content (AvgIpc) is 3.19. The van der Waals surface area contributed by atoms with Crippen LogP contribution in [0.1, 0.15) is 20.8 Å². The molecule has 0 aliphatic heterocycles. The highest BCUT2D eigenvalue weighted by molar-refractivity contribution is 7.18. The largest absolute Gasteiger partial charge is 0.332 e. The molecule has 28 heavy (non-hydrogen) atoms. The van der Waals surface area contributed by atoms with Crippen LogP contribution >= 0.6 is 11.3 Å². The number of anilines is 2. The molecule has 0 atom stereocenters. The number of nitriles is 1. The predicted octanol–water partition coefficient (Wildman–Crippen LogP) is 5.66. The third-order valence-corrected chi connectivity index (χ3v) is 5.15. The van der Waals surface area contributed by atoms with E-state index in [1.54, 1.807) is 12.1 Å². The molecule has 0 radical (unpaired) electrons. The molecule has 134 valence electrons. The van der Waals surface area contributed by atoms with Crippen LogP contribution in [0.2, 0.25) is 0 Å². The molecule has 0 saturated carbocycles. The maximum absolute atomic E-state index is 13.1. The van der Waals surface area contributed by atoms with Crippen LogP contribution in [0.5, 0.6) is 0 Å². The summed E-state index contributed by atoms with van der Waals surface area (Å²) < 4.78 is 0. The van der Waals surface area contributed by atoms with Crippen LogP contribution in [-0.2, 0) is 0 Å². The zero-order valence-corrected chi connectivity index (χ0v) is 15.6. The molecule has 1 heterocycles. The van der Waals surface area contributed by atoms with E-state index in [4.69, 9.17) is 5.26 Å². The monoisotopic (exact) mass is 381 g/mol. The number of nitrogens with one attached hydrogen (secondary N) is 1. The number of nitrogens with zero attached hydrogens (tertiary/aromatic N) is 2. The van der Waals surface area contributed by atoms with Crippen molar-refractivity contribution in [2.75, 3.05) is 5.32 Å². The zero-order valence-electron chi connectivity index (χ0n) is 14.8. The number of hydrogen-bond acceptors (Lipinski definition) is 5. The van der Waals surface area contributed by atoms with Gasteiger partial charge in [0.05, 0.1) is 17.3 Å². The first-order valence-electron chi connectivity index (χ1n) is 8.68. The third-order valence-electron chi connectivity index (χ3n) is 4.18. The van der Waals surface area contributed by atoms with Gasteiger partial charge in [-0.05, 0) is 24.3 Å². The molecule has 0 bridgehead atoms. The highest BCUT2D eigenvalue weighted by atomic mass is 32.1. The van der Waals surface area contributed by atoms with Crippen molar-refractivity contribution in [2.24, 2.45) is 0 Å². The highest BCUT2D eigenvalue weighted by Crippen LogP contribution is 2.34. The van der Waals surface area contributed by atoms with Gasteiger partial charge in [-0.1, -0.05) is 72.0 Å². The van der Waals surface area contributed by atoms with E-state index in [0.29, 0.717) is 26.8 Å². The van der Waals surface area contributed by atoms with Crippen LogP contribution in [0.4, 0.5) is 10.8 Å². The van der Waals surface area contributed by atoms with Gasteiger partial charge in [0.25, 0.3) is 0 Å². The van der Waals surface area contributed by atoms with Crippen molar-refractivity contribution < 1.29 is 4.79 Å².